The SMILES string of the molecule is C=Cc1cccc(C(C(=O)NCC(=O)OC)N(C(=O)C(CCC(N)=O)NC(=O)OC(C)(C)C)C2CC2C)c1. The molecule has 0 saturated heterocycles. The van der Waals surface area contributed by atoms with E-state index >= 15 is 0 Å². The third-order valence-corrected chi connectivity index (χ3v) is 5.97. The van der Waals surface area contributed by atoms with Crippen molar-refractivity contribution in [3.8, 4) is 0 Å². The van der Waals surface area contributed by atoms with Gasteiger partial charge >= 0.3 is 12.1 Å². The van der Waals surface area contributed by atoms with Crippen molar-refractivity contribution in [1.29, 1.82) is 0 Å². The van der Waals surface area contributed by atoms with Gasteiger partial charge < -0.3 is 30.7 Å². The number of methoxy groups -OCH3 is 1. The monoisotopic (exact) mass is 530 g/mol. The Morgan fingerprint density at radius 3 is 2.42 bits per heavy atom. The number of hydrogen-bond donors (Lipinski definition) is 3. The van der Waals surface area contributed by atoms with Gasteiger partial charge in [0.25, 0.3) is 0 Å². The van der Waals surface area contributed by atoms with Gasteiger partial charge in [-0.2, -0.15) is 0 Å². The molecule has 0 aromatic heterocycles. The minimum atomic E-state index is -1.19. The number of ether oxygens (including phenoxy) is 2. The summed E-state index contributed by atoms with van der Waals surface area (Å²) in [5.74, 6) is -2.40. The number of carbonyl (C=O) groups is 5. The molecule has 11 heteroatoms. The number of carbonyl (C=O) groups excluding carboxylic acids is 5. The Bertz CT molecular complexity index is 1070. The van der Waals surface area contributed by atoms with Crippen molar-refractivity contribution < 1.29 is 33.4 Å². The highest BCUT2D eigenvalue weighted by Gasteiger charge is 2.48. The molecule has 2 rings (SSSR count). The minimum Gasteiger partial charge on any atom is -0.468 e. The molecule has 1 aromatic carbocycles. The van der Waals surface area contributed by atoms with E-state index in [1.807, 2.05) is 6.92 Å². The first-order valence-electron chi connectivity index (χ1n) is 12.4. The minimum absolute atomic E-state index is 0.0794. The molecule has 0 radical (unpaired) electrons. The lowest BCUT2D eigenvalue weighted by atomic mass is 9.99. The number of hydrogen-bond acceptors (Lipinski definition) is 7. The van der Waals surface area contributed by atoms with Crippen LogP contribution in [0.1, 0.15) is 64.1 Å². The highest BCUT2D eigenvalue weighted by atomic mass is 16.6. The van der Waals surface area contributed by atoms with Gasteiger partial charge in [-0.1, -0.05) is 37.8 Å². The van der Waals surface area contributed by atoms with E-state index in [-0.39, 0.29) is 24.8 Å². The van der Waals surface area contributed by atoms with Crippen LogP contribution >= 0.6 is 0 Å². The summed E-state index contributed by atoms with van der Waals surface area (Å²) in [6.45, 7) is 10.4. The summed E-state index contributed by atoms with van der Waals surface area (Å²) in [5.41, 5.74) is 5.72. The average Bonchev–Trinajstić information content (AvgIpc) is 3.57. The number of nitrogens with two attached hydrogens (primary N) is 1. The largest absolute Gasteiger partial charge is 0.468 e. The second kappa shape index (κ2) is 13.1. The number of nitrogens with zero attached hydrogens (tertiary/aromatic N) is 1. The molecule has 1 aromatic rings. The third-order valence-electron chi connectivity index (χ3n) is 5.97. The molecule has 1 fully saturated rings. The summed E-state index contributed by atoms with van der Waals surface area (Å²) < 4.78 is 9.95. The molecule has 4 atom stereocenters. The van der Waals surface area contributed by atoms with Gasteiger partial charge in [0, 0.05) is 12.5 Å². The molecule has 1 saturated carbocycles. The summed E-state index contributed by atoms with van der Waals surface area (Å²) in [5, 5.41) is 5.10. The molecule has 0 bridgehead atoms. The van der Waals surface area contributed by atoms with Gasteiger partial charge in [0.15, 0.2) is 0 Å². The fraction of sp³-hybridized carbons (Fsp3) is 0.519. The number of nitrogens with one attached hydrogen (secondary N) is 2. The summed E-state index contributed by atoms with van der Waals surface area (Å²) in [6, 6.07) is 4.30. The Hall–Kier alpha value is -3.89. The van der Waals surface area contributed by atoms with E-state index in [4.69, 9.17) is 10.5 Å². The molecule has 1 aliphatic carbocycles. The number of esters is 1. The van der Waals surface area contributed by atoms with Gasteiger partial charge in [-0.3, -0.25) is 19.2 Å². The molecule has 0 heterocycles. The maximum absolute atomic E-state index is 14.1. The quantitative estimate of drug-likeness (QED) is 0.349. The molecule has 208 valence electrons. The fourth-order valence-electron chi connectivity index (χ4n) is 3.97. The number of rotatable bonds is 12. The van der Waals surface area contributed by atoms with Crippen LogP contribution in [0, 0.1) is 5.92 Å². The lowest BCUT2D eigenvalue weighted by molar-refractivity contribution is -0.145. The highest BCUT2D eigenvalue weighted by molar-refractivity contribution is 5.94. The lowest BCUT2D eigenvalue weighted by Gasteiger charge is -2.35. The molecule has 0 aliphatic heterocycles. The van der Waals surface area contributed by atoms with E-state index < -0.39 is 54.0 Å². The zero-order valence-electron chi connectivity index (χ0n) is 22.6. The van der Waals surface area contributed by atoms with Gasteiger partial charge in [-0.15, -0.1) is 0 Å². The fourth-order valence-corrected chi connectivity index (χ4v) is 3.97. The zero-order valence-corrected chi connectivity index (χ0v) is 22.6. The number of amides is 4. The molecule has 38 heavy (non-hydrogen) atoms. The van der Waals surface area contributed by atoms with Crippen LogP contribution in [0.3, 0.4) is 0 Å². The van der Waals surface area contributed by atoms with Crippen molar-refractivity contribution in [3.05, 3.63) is 42.0 Å². The molecule has 1 aliphatic rings. The van der Waals surface area contributed by atoms with Crippen LogP contribution in [0.4, 0.5) is 4.79 Å². The first-order valence-corrected chi connectivity index (χ1v) is 12.4. The van der Waals surface area contributed by atoms with Gasteiger partial charge in [0.05, 0.1) is 7.11 Å². The standard InChI is InChI=1S/C27H38N4O7/c1-7-17-9-8-10-18(14-17)23(24(34)29-15-22(33)37-6)31(20-13-16(20)2)25(35)19(11-12-21(28)32)30-26(36)38-27(3,4)5/h7-10,14,16,19-20,23H,1,11-13,15H2,2-6H3,(H2,28,32)(H,29,34)(H,30,36). The van der Waals surface area contributed by atoms with E-state index in [9.17, 15) is 24.0 Å². The van der Waals surface area contributed by atoms with Gasteiger partial charge in [0.1, 0.15) is 24.2 Å². The van der Waals surface area contributed by atoms with E-state index in [2.05, 4.69) is 21.9 Å². The Balaban J connectivity index is 2.52. The van der Waals surface area contributed by atoms with E-state index in [0.717, 1.165) is 5.56 Å². The van der Waals surface area contributed by atoms with Crippen molar-refractivity contribution >= 4 is 35.9 Å². The molecule has 4 amide bonds. The maximum Gasteiger partial charge on any atom is 0.408 e. The van der Waals surface area contributed by atoms with E-state index in [1.54, 1.807) is 51.1 Å². The molecule has 0 spiro atoms. The topological polar surface area (TPSA) is 157 Å². The highest BCUT2D eigenvalue weighted by Crippen LogP contribution is 2.41. The average molecular weight is 531 g/mol. The Morgan fingerprint density at radius 1 is 1.24 bits per heavy atom. The molecule has 4 N–H and O–H groups in total. The van der Waals surface area contributed by atoms with Crippen molar-refractivity contribution in [3.63, 3.8) is 0 Å². The predicted octanol–water partition coefficient (Wildman–Crippen LogP) is 2.06. The Kier molecular flexibility index (Phi) is 10.4. The third kappa shape index (κ3) is 8.89. The van der Waals surface area contributed by atoms with Crippen LogP contribution in [0.5, 0.6) is 0 Å². The predicted molar refractivity (Wildman–Crippen MR) is 140 cm³/mol. The normalized spacial score (nSPS) is 17.8. The lowest BCUT2D eigenvalue weighted by Crippen LogP contribution is -2.54. The number of benzene rings is 1. The smallest absolute Gasteiger partial charge is 0.408 e. The summed E-state index contributed by atoms with van der Waals surface area (Å²) in [6.07, 6.45) is 1.13. The summed E-state index contributed by atoms with van der Waals surface area (Å²) in [7, 11) is 1.20. The van der Waals surface area contributed by atoms with Crippen molar-refractivity contribution in [2.45, 2.75) is 70.7 Å². The summed E-state index contributed by atoms with van der Waals surface area (Å²) >= 11 is 0. The first-order chi connectivity index (χ1) is 17.8. The van der Waals surface area contributed by atoms with Gasteiger partial charge in [-0.05, 0) is 56.7 Å². The van der Waals surface area contributed by atoms with Crippen LogP contribution in [0.25, 0.3) is 6.08 Å². The molecular formula is C27H38N4O7. The van der Waals surface area contributed by atoms with Crippen LogP contribution in [0.2, 0.25) is 0 Å². The second-order valence-corrected chi connectivity index (χ2v) is 10.3. The van der Waals surface area contributed by atoms with Crippen LogP contribution in [-0.2, 0) is 28.7 Å². The molecule has 11 nitrogen and oxygen atoms in total. The zero-order chi connectivity index (χ0) is 28.6. The Morgan fingerprint density at radius 2 is 1.89 bits per heavy atom. The second-order valence-electron chi connectivity index (χ2n) is 10.3. The Labute approximate surface area is 223 Å². The first kappa shape index (κ1) is 30.3. The van der Waals surface area contributed by atoms with Crippen LogP contribution in [0.15, 0.2) is 30.8 Å². The van der Waals surface area contributed by atoms with Crippen LogP contribution < -0.4 is 16.4 Å². The number of alkyl carbamates (subject to hydrolysis) is 1. The van der Waals surface area contributed by atoms with E-state index in [0.29, 0.717) is 12.0 Å². The van der Waals surface area contributed by atoms with Crippen molar-refractivity contribution in [1.82, 2.24) is 15.5 Å². The maximum atomic E-state index is 14.1. The van der Waals surface area contributed by atoms with Crippen molar-refractivity contribution in [2.24, 2.45) is 11.7 Å². The van der Waals surface area contributed by atoms with Gasteiger partial charge in [0.2, 0.25) is 17.7 Å². The summed E-state index contributed by atoms with van der Waals surface area (Å²) in [4.78, 5) is 64.9. The van der Waals surface area contributed by atoms with Crippen LogP contribution in [-0.4, -0.2) is 66.0 Å². The molecular weight excluding hydrogens is 492 g/mol. The van der Waals surface area contributed by atoms with E-state index in [1.165, 1.54) is 12.0 Å². The van der Waals surface area contributed by atoms with Gasteiger partial charge in [-0.25, -0.2) is 4.79 Å². The molecule has 4 unspecified atom stereocenters. The number of primary amides is 1. The van der Waals surface area contributed by atoms with Crippen molar-refractivity contribution in [2.75, 3.05) is 13.7 Å².